The predicted octanol–water partition coefficient (Wildman–Crippen LogP) is 9.45. The van der Waals surface area contributed by atoms with Gasteiger partial charge in [-0.05, 0) is 67.8 Å². The monoisotopic (exact) mass is 492 g/mol. The van der Waals surface area contributed by atoms with Gasteiger partial charge in [-0.1, -0.05) is 145 Å². The van der Waals surface area contributed by atoms with Crippen LogP contribution in [0.3, 0.4) is 0 Å². The summed E-state index contributed by atoms with van der Waals surface area (Å²) in [5, 5.41) is 3.41. The number of rotatable bonds is 4. The molecule has 0 saturated heterocycles. The van der Waals surface area contributed by atoms with Crippen molar-refractivity contribution < 1.29 is 0 Å². The molecule has 1 aliphatic rings. The Balaban J connectivity index is 1.68. The maximum atomic E-state index is 6.71. The molecule has 37 heavy (non-hydrogen) atoms. The van der Waals surface area contributed by atoms with E-state index in [1.165, 1.54) is 49.7 Å². The van der Waals surface area contributed by atoms with Gasteiger partial charge in [0.2, 0.25) is 0 Å². The molecule has 0 radical (unpaired) electrons. The molecule has 0 nitrogen and oxygen atoms in total. The lowest BCUT2D eigenvalue weighted by Crippen LogP contribution is -2.35. The third-order valence-corrected chi connectivity index (χ3v) is 8.25. The number of fused-ring (bicyclic) bond motifs is 2. The van der Waals surface area contributed by atoms with Crippen LogP contribution in [0.15, 0.2) is 140 Å². The first kappa shape index (κ1) is 22.1. The molecule has 176 valence electrons. The average Bonchev–Trinajstić information content (AvgIpc) is 2.96. The Labute approximate surface area is 222 Å². The Kier molecular flexibility index (Phi) is 5.23. The van der Waals surface area contributed by atoms with E-state index < -0.39 is 5.41 Å². The first-order valence-corrected chi connectivity index (χ1v) is 13.2. The third-order valence-electron chi connectivity index (χ3n) is 7.88. The van der Waals surface area contributed by atoms with Crippen molar-refractivity contribution in [1.82, 2.24) is 0 Å². The van der Waals surface area contributed by atoms with Crippen LogP contribution in [0.2, 0.25) is 5.02 Å². The highest BCUT2D eigenvalue weighted by Gasteiger charge is 2.45. The van der Waals surface area contributed by atoms with Gasteiger partial charge < -0.3 is 0 Å². The first-order valence-electron chi connectivity index (χ1n) is 12.8. The molecule has 0 aliphatic heterocycles. The van der Waals surface area contributed by atoms with Crippen LogP contribution in [-0.4, -0.2) is 0 Å². The molecule has 0 aromatic heterocycles. The van der Waals surface area contributed by atoms with E-state index in [1.54, 1.807) is 0 Å². The summed E-state index contributed by atoms with van der Waals surface area (Å²) in [6, 6.07) is 50.5. The summed E-state index contributed by atoms with van der Waals surface area (Å²) in [5.74, 6) is 0. The summed E-state index contributed by atoms with van der Waals surface area (Å²) >= 11 is 6.71. The zero-order valence-electron chi connectivity index (χ0n) is 20.4. The Morgan fingerprint density at radius 2 is 1.05 bits per heavy atom. The highest BCUT2D eigenvalue weighted by Crippen LogP contribution is 2.56. The topological polar surface area (TPSA) is 0 Å². The van der Waals surface area contributed by atoms with Crippen molar-refractivity contribution in [2.24, 2.45) is 0 Å². The van der Waals surface area contributed by atoms with Crippen LogP contribution in [0, 0.1) is 0 Å². The third kappa shape index (κ3) is 3.30. The molecule has 7 rings (SSSR count). The van der Waals surface area contributed by atoms with E-state index in [0.29, 0.717) is 0 Å². The Morgan fingerprint density at radius 1 is 0.486 bits per heavy atom. The van der Waals surface area contributed by atoms with Crippen LogP contribution < -0.4 is 0 Å². The zero-order valence-corrected chi connectivity index (χ0v) is 21.1. The van der Waals surface area contributed by atoms with Crippen molar-refractivity contribution in [2.45, 2.75) is 11.8 Å². The van der Waals surface area contributed by atoms with E-state index >= 15 is 0 Å². The van der Waals surface area contributed by atoms with E-state index in [2.05, 4.69) is 127 Å². The van der Waals surface area contributed by atoms with Crippen LogP contribution in [0.5, 0.6) is 0 Å². The van der Waals surface area contributed by atoms with E-state index in [4.69, 9.17) is 11.6 Å². The summed E-state index contributed by atoms with van der Waals surface area (Å²) < 4.78 is 0. The molecular formula is C36H25Cl. The van der Waals surface area contributed by atoms with Crippen molar-refractivity contribution in [2.75, 3.05) is 0 Å². The first-order chi connectivity index (χ1) is 18.3. The fourth-order valence-corrected chi connectivity index (χ4v) is 6.62. The molecule has 1 heteroatoms. The normalized spacial score (nSPS) is 13.3. The molecule has 0 amide bonds. The van der Waals surface area contributed by atoms with Gasteiger partial charge in [-0.25, -0.2) is 0 Å². The van der Waals surface area contributed by atoms with Gasteiger partial charge in [0.05, 0.1) is 5.41 Å². The molecule has 1 aliphatic carbocycles. The van der Waals surface area contributed by atoms with E-state index in [1.807, 2.05) is 12.1 Å². The van der Waals surface area contributed by atoms with Crippen molar-refractivity contribution in [1.29, 1.82) is 0 Å². The van der Waals surface area contributed by atoms with Crippen LogP contribution in [0.1, 0.15) is 33.4 Å². The molecule has 0 unspecified atom stereocenters. The minimum Gasteiger partial charge on any atom is -0.0840 e. The second-order valence-corrected chi connectivity index (χ2v) is 10.2. The van der Waals surface area contributed by atoms with Crippen LogP contribution in [-0.2, 0) is 11.8 Å². The Morgan fingerprint density at radius 3 is 1.76 bits per heavy atom. The minimum atomic E-state index is -0.469. The van der Waals surface area contributed by atoms with Gasteiger partial charge in [-0.3, -0.25) is 0 Å². The van der Waals surface area contributed by atoms with Crippen LogP contribution in [0.25, 0.3) is 21.9 Å². The van der Waals surface area contributed by atoms with Crippen molar-refractivity contribution in [3.05, 3.63) is 178 Å². The van der Waals surface area contributed by atoms with Crippen LogP contribution >= 0.6 is 11.6 Å². The number of halogens is 1. The molecule has 0 heterocycles. The second kappa shape index (κ2) is 8.76. The highest BCUT2D eigenvalue weighted by molar-refractivity contribution is 6.31. The summed E-state index contributed by atoms with van der Waals surface area (Å²) in [6.45, 7) is 0. The van der Waals surface area contributed by atoms with E-state index in [-0.39, 0.29) is 0 Å². The molecule has 6 aromatic carbocycles. The van der Waals surface area contributed by atoms with Crippen molar-refractivity contribution >= 4 is 22.4 Å². The molecular weight excluding hydrogens is 468 g/mol. The lowest BCUT2D eigenvalue weighted by atomic mass is 9.58. The van der Waals surface area contributed by atoms with Crippen LogP contribution in [0.4, 0.5) is 0 Å². The lowest BCUT2D eigenvalue weighted by Gasteiger charge is -2.43. The average molecular weight is 493 g/mol. The van der Waals surface area contributed by atoms with E-state index in [9.17, 15) is 0 Å². The second-order valence-electron chi connectivity index (χ2n) is 9.80. The fraction of sp³-hybridized carbons (Fsp3) is 0.0556. The Bertz CT molecular complexity index is 1700. The smallest absolute Gasteiger partial charge is 0.0716 e. The molecule has 0 fully saturated rings. The fourth-order valence-electron chi connectivity index (χ4n) is 6.42. The van der Waals surface area contributed by atoms with Gasteiger partial charge >= 0.3 is 0 Å². The Hall–Kier alpha value is -4.13. The number of benzene rings is 6. The maximum Gasteiger partial charge on any atom is 0.0716 e. The van der Waals surface area contributed by atoms with Gasteiger partial charge in [0.15, 0.2) is 0 Å². The molecule has 0 saturated carbocycles. The standard InChI is InChI=1S/C36H25Cl/c37-33-23-8-7-12-26(33)24-27-15-10-21-31-30-20-9-13-25-14-11-22-32(34(25)30)36(35(27)31,28-16-3-1-4-17-28)29-18-5-2-6-19-29/h1-23H,24H2. The summed E-state index contributed by atoms with van der Waals surface area (Å²) in [6.07, 6.45) is 0.766. The van der Waals surface area contributed by atoms with Gasteiger partial charge in [-0.2, -0.15) is 0 Å². The predicted molar refractivity (Wildman–Crippen MR) is 156 cm³/mol. The zero-order chi connectivity index (χ0) is 24.8. The largest absolute Gasteiger partial charge is 0.0840 e. The lowest BCUT2D eigenvalue weighted by molar-refractivity contribution is 0.739. The molecule has 6 aromatic rings. The number of hydrogen-bond acceptors (Lipinski definition) is 0. The van der Waals surface area contributed by atoms with E-state index in [0.717, 1.165) is 17.0 Å². The molecule has 0 spiro atoms. The summed E-state index contributed by atoms with van der Waals surface area (Å²) in [7, 11) is 0. The van der Waals surface area contributed by atoms with Gasteiger partial charge in [0.25, 0.3) is 0 Å². The SMILES string of the molecule is Clc1ccccc1Cc1cccc2c1C(c1ccccc1)(c1ccccc1)c1cccc3cccc-2c13. The molecule has 0 bridgehead atoms. The highest BCUT2D eigenvalue weighted by atomic mass is 35.5. The van der Waals surface area contributed by atoms with Gasteiger partial charge in [0.1, 0.15) is 0 Å². The minimum absolute atomic E-state index is 0.469. The number of hydrogen-bond donors (Lipinski definition) is 0. The van der Waals surface area contributed by atoms with Gasteiger partial charge in [0, 0.05) is 5.02 Å². The molecule has 0 N–H and O–H groups in total. The summed E-state index contributed by atoms with van der Waals surface area (Å²) in [4.78, 5) is 0. The maximum absolute atomic E-state index is 6.71. The molecule has 0 atom stereocenters. The van der Waals surface area contributed by atoms with Gasteiger partial charge in [-0.15, -0.1) is 0 Å². The summed E-state index contributed by atoms with van der Waals surface area (Å²) in [5.41, 5.74) is 9.79. The van der Waals surface area contributed by atoms with Crippen molar-refractivity contribution in [3.8, 4) is 11.1 Å². The van der Waals surface area contributed by atoms with Crippen molar-refractivity contribution in [3.63, 3.8) is 0 Å². The quantitative estimate of drug-likeness (QED) is 0.229.